The Kier molecular flexibility index (Phi) is 5.39. The van der Waals surface area contributed by atoms with Gasteiger partial charge in [0, 0.05) is 17.7 Å². The summed E-state index contributed by atoms with van der Waals surface area (Å²) in [5, 5.41) is 32.0. The number of esters is 1. The number of halogens is 2. The zero-order chi connectivity index (χ0) is 24.8. The first kappa shape index (κ1) is 22.7. The van der Waals surface area contributed by atoms with Gasteiger partial charge in [-0.15, -0.1) is 0 Å². The van der Waals surface area contributed by atoms with Gasteiger partial charge in [0.05, 0.1) is 16.8 Å². The summed E-state index contributed by atoms with van der Waals surface area (Å²) < 4.78 is 35.5. The van der Waals surface area contributed by atoms with E-state index < -0.39 is 29.7 Å². The number of alkyl halides is 2. The minimum atomic E-state index is -2.96. The molecule has 5 rings (SSSR count). The van der Waals surface area contributed by atoms with E-state index in [0.29, 0.717) is 27.1 Å². The Balaban J connectivity index is 1.27. The quantitative estimate of drug-likeness (QED) is 0.286. The molecule has 1 aromatic carbocycles. The number of aromatic nitrogens is 3. The molecule has 1 fully saturated rings. The lowest BCUT2D eigenvalue weighted by molar-refractivity contribution is -0.606. The molecule has 1 aliphatic heterocycles. The summed E-state index contributed by atoms with van der Waals surface area (Å²) >= 11 is 0. The van der Waals surface area contributed by atoms with Gasteiger partial charge >= 0.3 is 12.6 Å². The number of anilines is 1. The van der Waals surface area contributed by atoms with Crippen molar-refractivity contribution < 1.29 is 37.7 Å². The van der Waals surface area contributed by atoms with Crippen LogP contribution in [0.15, 0.2) is 48.8 Å². The molecule has 0 unspecified atom stereocenters. The van der Waals surface area contributed by atoms with Gasteiger partial charge in [-0.3, -0.25) is 9.89 Å². The van der Waals surface area contributed by atoms with E-state index in [-0.39, 0.29) is 37.3 Å². The highest BCUT2D eigenvalue weighted by molar-refractivity contribution is 5.97. The van der Waals surface area contributed by atoms with Crippen molar-refractivity contribution in [1.29, 1.82) is 0 Å². The Labute approximate surface area is 197 Å². The van der Waals surface area contributed by atoms with Crippen molar-refractivity contribution in [2.45, 2.75) is 43.5 Å². The predicted octanol–water partition coefficient (Wildman–Crippen LogP) is 2.62. The zero-order valence-corrected chi connectivity index (χ0v) is 18.2. The molecule has 3 heterocycles. The molecule has 1 aliphatic carbocycles. The standard InChI is InChI=1S/C23H20F2N4O6/c24-21(25)34-14-3-1-2-13(10-14)17-11-18(28-27-17)26-20(31)22(32)5-7-23(8-6-22)16-12-29(33)9-4-15(16)19(30)35-23/h1-4,9-12,21,32H,5-8H2,(H2,26,27,28,31). The number of carbonyl (C=O) groups is 2. The second-order valence-electron chi connectivity index (χ2n) is 8.57. The monoisotopic (exact) mass is 486 g/mol. The minimum absolute atomic E-state index is 0.0103. The summed E-state index contributed by atoms with van der Waals surface area (Å²) in [7, 11) is 0. The Morgan fingerprint density at radius 1 is 1.26 bits per heavy atom. The molecule has 2 aliphatic rings. The lowest BCUT2D eigenvalue weighted by atomic mass is 9.73. The molecule has 3 aromatic rings. The number of nitrogens with one attached hydrogen (secondary N) is 2. The van der Waals surface area contributed by atoms with Crippen molar-refractivity contribution in [3.63, 3.8) is 0 Å². The Bertz CT molecular complexity index is 1300. The summed E-state index contributed by atoms with van der Waals surface area (Å²) in [4.78, 5) is 25.1. The van der Waals surface area contributed by atoms with Gasteiger partial charge in [-0.05, 0) is 37.8 Å². The molecule has 182 valence electrons. The van der Waals surface area contributed by atoms with Crippen LogP contribution in [0.5, 0.6) is 5.75 Å². The molecule has 10 nitrogen and oxygen atoms in total. The van der Waals surface area contributed by atoms with Crippen molar-refractivity contribution in [2.24, 2.45) is 0 Å². The lowest BCUT2D eigenvalue weighted by Crippen LogP contribution is -2.49. The Morgan fingerprint density at radius 2 is 2.03 bits per heavy atom. The van der Waals surface area contributed by atoms with Gasteiger partial charge in [0.1, 0.15) is 17.0 Å². The molecule has 0 radical (unpaired) electrons. The summed E-state index contributed by atoms with van der Waals surface area (Å²) in [5.41, 5.74) is -1.09. The number of carbonyl (C=O) groups excluding carboxylic acids is 2. The number of H-pyrrole nitrogens is 1. The number of amides is 1. The van der Waals surface area contributed by atoms with Crippen LogP contribution in [0.4, 0.5) is 14.6 Å². The molecule has 3 N–H and O–H groups in total. The maximum atomic E-state index is 12.9. The average Bonchev–Trinajstić information content (AvgIpc) is 3.38. The number of rotatable bonds is 5. The molecule has 0 saturated heterocycles. The van der Waals surface area contributed by atoms with E-state index in [9.17, 15) is 28.7 Å². The average molecular weight is 486 g/mol. The normalized spacial score (nSPS) is 23.3. The van der Waals surface area contributed by atoms with E-state index in [1.165, 1.54) is 42.7 Å². The largest absolute Gasteiger partial charge is 0.619 e. The van der Waals surface area contributed by atoms with Crippen molar-refractivity contribution in [1.82, 2.24) is 10.2 Å². The number of ether oxygens (including phenoxy) is 2. The van der Waals surface area contributed by atoms with Crippen LogP contribution in [-0.4, -0.2) is 39.4 Å². The molecule has 1 saturated carbocycles. The molecule has 12 heteroatoms. The number of fused-ring (bicyclic) bond motifs is 2. The topological polar surface area (TPSA) is 140 Å². The van der Waals surface area contributed by atoms with Crippen LogP contribution in [0, 0.1) is 5.21 Å². The summed E-state index contributed by atoms with van der Waals surface area (Å²) in [6.45, 7) is -2.96. The van der Waals surface area contributed by atoms with Crippen molar-refractivity contribution >= 4 is 17.7 Å². The predicted molar refractivity (Wildman–Crippen MR) is 115 cm³/mol. The van der Waals surface area contributed by atoms with Gasteiger partial charge in [-0.25, -0.2) is 4.79 Å². The van der Waals surface area contributed by atoms with Crippen LogP contribution in [0.1, 0.15) is 41.6 Å². The molecule has 0 atom stereocenters. The Hall–Kier alpha value is -4.06. The fraction of sp³-hybridized carbons (Fsp3) is 0.304. The molecule has 1 spiro atoms. The van der Waals surface area contributed by atoms with Crippen LogP contribution in [0.3, 0.4) is 0 Å². The summed E-state index contributed by atoms with van der Waals surface area (Å²) in [6, 6.07) is 8.86. The third kappa shape index (κ3) is 4.16. The van der Waals surface area contributed by atoms with Crippen LogP contribution in [0.2, 0.25) is 0 Å². The first-order valence-electron chi connectivity index (χ1n) is 10.8. The van der Waals surface area contributed by atoms with Crippen LogP contribution >= 0.6 is 0 Å². The van der Waals surface area contributed by atoms with Crippen LogP contribution < -0.4 is 14.8 Å². The van der Waals surface area contributed by atoms with Gasteiger partial charge in [-0.2, -0.15) is 18.6 Å². The van der Waals surface area contributed by atoms with Gasteiger partial charge < -0.3 is 25.1 Å². The first-order chi connectivity index (χ1) is 16.7. The number of aliphatic hydroxyl groups is 1. The van der Waals surface area contributed by atoms with Crippen LogP contribution in [-0.2, 0) is 15.1 Å². The van der Waals surface area contributed by atoms with E-state index >= 15 is 0 Å². The van der Waals surface area contributed by atoms with Gasteiger partial charge in [0.15, 0.2) is 18.2 Å². The molecule has 1 amide bonds. The maximum Gasteiger partial charge on any atom is 0.387 e. The van der Waals surface area contributed by atoms with E-state index in [1.54, 1.807) is 6.07 Å². The SMILES string of the molecule is O=C1OC2(CCC(O)(C(=O)Nc3cc(-c4cccc(OC(F)F)c4)[nH]n3)CC2)c2c[n+]([O-])ccc21. The number of nitrogens with zero attached hydrogens (tertiary/aromatic N) is 2. The number of hydrogen-bond donors (Lipinski definition) is 3. The molecule has 2 aromatic heterocycles. The van der Waals surface area contributed by atoms with Crippen molar-refractivity contribution in [3.05, 3.63) is 65.1 Å². The second kappa shape index (κ2) is 8.31. The highest BCUT2D eigenvalue weighted by Gasteiger charge is 2.54. The van der Waals surface area contributed by atoms with Crippen LogP contribution in [0.25, 0.3) is 11.3 Å². The first-order valence-corrected chi connectivity index (χ1v) is 10.8. The Morgan fingerprint density at radius 3 is 2.77 bits per heavy atom. The van der Waals surface area contributed by atoms with Crippen molar-refractivity contribution in [2.75, 3.05) is 5.32 Å². The molecular formula is C23H20F2N4O6. The van der Waals surface area contributed by atoms with Gasteiger partial charge in [-0.1, -0.05) is 12.1 Å². The third-order valence-corrected chi connectivity index (χ3v) is 6.43. The molecular weight excluding hydrogens is 466 g/mol. The van der Waals surface area contributed by atoms with Gasteiger partial charge in [0.2, 0.25) is 0 Å². The van der Waals surface area contributed by atoms with E-state index in [0.717, 1.165) is 0 Å². The van der Waals surface area contributed by atoms with E-state index in [4.69, 9.17) is 4.74 Å². The fourth-order valence-corrected chi connectivity index (χ4v) is 4.58. The maximum absolute atomic E-state index is 12.9. The molecule has 35 heavy (non-hydrogen) atoms. The third-order valence-electron chi connectivity index (χ3n) is 6.43. The summed E-state index contributed by atoms with van der Waals surface area (Å²) in [5.74, 6) is -1.12. The second-order valence-corrected chi connectivity index (χ2v) is 8.57. The number of hydrogen-bond acceptors (Lipinski definition) is 7. The van der Waals surface area contributed by atoms with E-state index in [1.807, 2.05) is 0 Å². The summed E-state index contributed by atoms with van der Waals surface area (Å²) in [6.07, 6.45) is 2.79. The highest BCUT2D eigenvalue weighted by atomic mass is 19.3. The molecule has 0 bridgehead atoms. The lowest BCUT2D eigenvalue weighted by Gasteiger charge is -2.39. The van der Waals surface area contributed by atoms with Crippen molar-refractivity contribution in [3.8, 4) is 17.0 Å². The minimum Gasteiger partial charge on any atom is -0.619 e. The smallest absolute Gasteiger partial charge is 0.387 e. The number of pyridine rings is 1. The highest BCUT2D eigenvalue weighted by Crippen LogP contribution is 2.48. The number of aromatic amines is 1. The fourth-order valence-electron chi connectivity index (χ4n) is 4.58. The van der Waals surface area contributed by atoms with E-state index in [2.05, 4.69) is 20.3 Å². The number of benzene rings is 1. The van der Waals surface area contributed by atoms with Gasteiger partial charge in [0.25, 0.3) is 5.91 Å². The zero-order valence-electron chi connectivity index (χ0n) is 18.2.